The van der Waals surface area contributed by atoms with Gasteiger partial charge in [-0.3, -0.25) is 0 Å². The van der Waals surface area contributed by atoms with Crippen molar-refractivity contribution < 1.29 is 14.0 Å². The van der Waals surface area contributed by atoms with Gasteiger partial charge >= 0.3 is 0 Å². The molecule has 0 bridgehead atoms. The highest BCUT2D eigenvalue weighted by Crippen LogP contribution is 2.37. The van der Waals surface area contributed by atoms with Gasteiger partial charge in [-0.2, -0.15) is 0 Å². The van der Waals surface area contributed by atoms with Crippen LogP contribution >= 0.6 is 7.14 Å². The molecular weight excluding hydrogens is 237 g/mol. The van der Waals surface area contributed by atoms with Crippen molar-refractivity contribution in [3.8, 4) is 5.75 Å². The lowest BCUT2D eigenvalue weighted by Crippen LogP contribution is -2.38. The first kappa shape index (κ1) is 12.5. The van der Waals surface area contributed by atoms with Gasteiger partial charge in [-0.15, -0.1) is 0 Å². The van der Waals surface area contributed by atoms with E-state index in [9.17, 15) is 4.57 Å². The number of ether oxygens (including phenoxy) is 2. The molecule has 2 rings (SSSR count). The second kappa shape index (κ2) is 4.71. The maximum absolute atomic E-state index is 12.0. The Bertz CT molecular complexity index is 451. The van der Waals surface area contributed by atoms with Gasteiger partial charge < -0.3 is 19.4 Å². The Morgan fingerprint density at radius 1 is 1.41 bits per heavy atom. The van der Waals surface area contributed by atoms with E-state index in [1.54, 1.807) is 13.3 Å². The van der Waals surface area contributed by atoms with Crippen LogP contribution in [-0.2, 0) is 9.30 Å². The molecule has 0 radical (unpaired) electrons. The third-order valence-electron chi connectivity index (χ3n) is 2.76. The van der Waals surface area contributed by atoms with Gasteiger partial charge in [0.25, 0.3) is 0 Å². The molecule has 1 heterocycles. The van der Waals surface area contributed by atoms with Gasteiger partial charge in [-0.1, -0.05) is 0 Å². The van der Waals surface area contributed by atoms with E-state index in [1.165, 1.54) is 0 Å². The summed E-state index contributed by atoms with van der Waals surface area (Å²) in [5.41, 5.74) is 0.911. The summed E-state index contributed by atoms with van der Waals surface area (Å²) < 4.78 is 22.9. The van der Waals surface area contributed by atoms with Crippen LogP contribution in [0, 0.1) is 0 Å². The molecule has 1 saturated heterocycles. The number of hydrogen-bond donors (Lipinski definition) is 1. The second-order valence-electron chi connectivity index (χ2n) is 4.56. The summed E-state index contributed by atoms with van der Waals surface area (Å²) in [5.74, 6) is 0.752. The van der Waals surface area contributed by atoms with Crippen molar-refractivity contribution in [2.75, 3.05) is 38.9 Å². The van der Waals surface area contributed by atoms with Crippen LogP contribution in [0.25, 0.3) is 0 Å². The normalized spacial score (nSPS) is 16.4. The van der Waals surface area contributed by atoms with Crippen LogP contribution in [0.1, 0.15) is 0 Å². The summed E-state index contributed by atoms with van der Waals surface area (Å²) in [6, 6.07) is 5.66. The number of nitrogens with one attached hydrogen (secondary N) is 1. The van der Waals surface area contributed by atoms with Crippen molar-refractivity contribution in [1.82, 2.24) is 0 Å². The van der Waals surface area contributed by atoms with Crippen LogP contribution in [0.5, 0.6) is 5.75 Å². The highest BCUT2D eigenvalue weighted by Gasteiger charge is 2.22. The van der Waals surface area contributed by atoms with Crippen LogP contribution in [0.15, 0.2) is 18.2 Å². The molecule has 1 aromatic rings. The first-order valence-electron chi connectivity index (χ1n) is 5.62. The van der Waals surface area contributed by atoms with E-state index in [1.807, 2.05) is 25.2 Å². The van der Waals surface area contributed by atoms with E-state index in [2.05, 4.69) is 5.32 Å². The predicted octanol–water partition coefficient (Wildman–Crippen LogP) is 1.75. The molecule has 1 N–H and O–H groups in total. The van der Waals surface area contributed by atoms with Gasteiger partial charge in [0.2, 0.25) is 0 Å². The fourth-order valence-corrected chi connectivity index (χ4v) is 2.47. The summed E-state index contributed by atoms with van der Waals surface area (Å²) in [6.45, 7) is 4.78. The maximum atomic E-state index is 12.0. The lowest BCUT2D eigenvalue weighted by Gasteiger charge is -2.28. The fourth-order valence-electron chi connectivity index (χ4n) is 1.61. The predicted molar refractivity (Wildman–Crippen MR) is 70.3 cm³/mol. The standard InChI is InChI=1S/C12H18NO3P/c1-13-11-5-4-10(17(2,3)14)6-12(11)16-9-7-15-8-9/h4-6,9,13H,7-8H2,1-3H3. The summed E-state index contributed by atoms with van der Waals surface area (Å²) in [6.07, 6.45) is 0.116. The van der Waals surface area contributed by atoms with Crippen LogP contribution in [0.4, 0.5) is 5.69 Å². The van der Waals surface area contributed by atoms with Crippen molar-refractivity contribution in [1.29, 1.82) is 0 Å². The number of anilines is 1. The monoisotopic (exact) mass is 255 g/mol. The molecule has 1 fully saturated rings. The zero-order chi connectivity index (χ0) is 12.5. The van der Waals surface area contributed by atoms with Crippen molar-refractivity contribution in [2.45, 2.75) is 6.10 Å². The lowest BCUT2D eigenvalue weighted by molar-refractivity contribution is -0.0793. The van der Waals surface area contributed by atoms with E-state index in [4.69, 9.17) is 9.47 Å². The Labute approximate surface area is 102 Å². The first-order valence-corrected chi connectivity index (χ1v) is 8.22. The molecule has 1 aliphatic heterocycles. The Hall–Kier alpha value is -0.990. The number of rotatable bonds is 4. The van der Waals surface area contributed by atoms with Crippen LogP contribution < -0.4 is 15.4 Å². The molecule has 0 saturated carbocycles. The van der Waals surface area contributed by atoms with Gasteiger partial charge in [0.05, 0.1) is 18.9 Å². The molecule has 0 aromatic heterocycles. The summed E-state index contributed by atoms with van der Waals surface area (Å²) >= 11 is 0. The van der Waals surface area contributed by atoms with Crippen molar-refractivity contribution in [2.24, 2.45) is 0 Å². The Morgan fingerprint density at radius 2 is 2.12 bits per heavy atom. The van der Waals surface area contributed by atoms with E-state index >= 15 is 0 Å². The maximum Gasteiger partial charge on any atom is 0.145 e. The molecule has 0 aliphatic carbocycles. The van der Waals surface area contributed by atoms with Crippen LogP contribution in [0.2, 0.25) is 0 Å². The molecule has 0 spiro atoms. The largest absolute Gasteiger partial charge is 0.483 e. The van der Waals surface area contributed by atoms with Gasteiger partial charge in [0, 0.05) is 12.4 Å². The van der Waals surface area contributed by atoms with Gasteiger partial charge in [-0.25, -0.2) is 0 Å². The SMILES string of the molecule is CNc1ccc(P(C)(C)=O)cc1OC1COC1. The van der Waals surface area contributed by atoms with E-state index in [-0.39, 0.29) is 6.10 Å². The van der Waals surface area contributed by atoms with E-state index in [0.717, 1.165) is 16.7 Å². The highest BCUT2D eigenvalue weighted by atomic mass is 31.2. The van der Waals surface area contributed by atoms with Crippen molar-refractivity contribution in [3.63, 3.8) is 0 Å². The first-order chi connectivity index (χ1) is 8.00. The molecule has 0 unspecified atom stereocenters. The molecular formula is C12H18NO3P. The smallest absolute Gasteiger partial charge is 0.145 e. The molecule has 94 valence electrons. The molecule has 0 atom stereocenters. The van der Waals surface area contributed by atoms with Crippen LogP contribution in [0.3, 0.4) is 0 Å². The molecule has 17 heavy (non-hydrogen) atoms. The average Bonchev–Trinajstić information content (AvgIpc) is 2.22. The van der Waals surface area contributed by atoms with Gasteiger partial charge in [0.1, 0.15) is 19.0 Å². The Morgan fingerprint density at radius 3 is 2.59 bits per heavy atom. The zero-order valence-corrected chi connectivity index (χ0v) is 11.3. The fraction of sp³-hybridized carbons (Fsp3) is 0.500. The minimum atomic E-state index is -2.25. The Balaban J connectivity index is 2.28. The topological polar surface area (TPSA) is 47.6 Å². The summed E-state index contributed by atoms with van der Waals surface area (Å²) in [5, 5.41) is 3.91. The second-order valence-corrected chi connectivity index (χ2v) is 7.78. The lowest BCUT2D eigenvalue weighted by atomic mass is 10.2. The molecule has 1 aromatic carbocycles. The number of benzene rings is 1. The Kier molecular flexibility index (Phi) is 3.45. The average molecular weight is 255 g/mol. The summed E-state index contributed by atoms with van der Waals surface area (Å²) in [7, 11) is -0.404. The third-order valence-corrected chi connectivity index (χ3v) is 4.28. The molecule has 4 nitrogen and oxygen atoms in total. The van der Waals surface area contributed by atoms with Crippen LogP contribution in [-0.4, -0.2) is 39.7 Å². The zero-order valence-electron chi connectivity index (χ0n) is 10.4. The summed E-state index contributed by atoms with van der Waals surface area (Å²) in [4.78, 5) is 0. The minimum Gasteiger partial charge on any atom is -0.483 e. The number of hydrogen-bond acceptors (Lipinski definition) is 4. The minimum absolute atomic E-state index is 0.116. The van der Waals surface area contributed by atoms with Crippen molar-refractivity contribution in [3.05, 3.63) is 18.2 Å². The molecule has 5 heteroatoms. The van der Waals surface area contributed by atoms with Gasteiger partial charge in [-0.05, 0) is 31.5 Å². The third kappa shape index (κ3) is 2.82. The highest BCUT2D eigenvalue weighted by molar-refractivity contribution is 7.70. The molecule has 0 amide bonds. The van der Waals surface area contributed by atoms with E-state index in [0.29, 0.717) is 13.2 Å². The van der Waals surface area contributed by atoms with Crippen molar-refractivity contribution >= 4 is 18.1 Å². The van der Waals surface area contributed by atoms with E-state index < -0.39 is 7.14 Å². The van der Waals surface area contributed by atoms with Gasteiger partial charge in [0.15, 0.2) is 0 Å². The molecule has 1 aliphatic rings. The quantitative estimate of drug-likeness (QED) is 0.833.